The SMILES string of the molecule is CCc1ccc(Nc2nn(-c3nc(C)cc(C)n3)c3c2C(=O)CC(c2ccco2)C3)cc1. The molecule has 0 amide bonds. The lowest BCUT2D eigenvalue weighted by atomic mass is 9.85. The Kier molecular flexibility index (Phi) is 5.09. The van der Waals surface area contributed by atoms with Gasteiger partial charge in [0.15, 0.2) is 11.6 Å². The fraction of sp³-hybridized carbons (Fsp3) is 0.280. The zero-order valence-electron chi connectivity index (χ0n) is 18.4. The molecule has 162 valence electrons. The number of carbonyl (C=O) groups is 1. The van der Waals surface area contributed by atoms with E-state index in [2.05, 4.69) is 34.3 Å². The van der Waals surface area contributed by atoms with Crippen molar-refractivity contribution in [2.24, 2.45) is 0 Å². The molecule has 0 spiro atoms. The normalized spacial score (nSPS) is 15.6. The number of nitrogens with zero attached hydrogens (tertiary/aromatic N) is 4. The van der Waals surface area contributed by atoms with Gasteiger partial charge in [0.1, 0.15) is 5.76 Å². The molecular formula is C25H25N5O2. The predicted octanol–water partition coefficient (Wildman–Crippen LogP) is 5.09. The Hall–Kier alpha value is -3.74. The number of hydrogen-bond acceptors (Lipinski definition) is 6. The maximum atomic E-state index is 13.3. The monoisotopic (exact) mass is 427 g/mol. The lowest BCUT2D eigenvalue weighted by molar-refractivity contribution is 0.0960. The first kappa shape index (κ1) is 20.2. The van der Waals surface area contributed by atoms with E-state index >= 15 is 0 Å². The van der Waals surface area contributed by atoms with E-state index in [9.17, 15) is 4.79 Å². The number of hydrogen-bond donors (Lipinski definition) is 1. The maximum absolute atomic E-state index is 13.3. The number of nitrogens with one attached hydrogen (secondary N) is 1. The molecule has 0 bridgehead atoms. The second-order valence-electron chi connectivity index (χ2n) is 8.25. The van der Waals surface area contributed by atoms with Crippen molar-refractivity contribution in [3.63, 3.8) is 0 Å². The largest absolute Gasteiger partial charge is 0.469 e. The van der Waals surface area contributed by atoms with Crippen LogP contribution in [-0.4, -0.2) is 25.5 Å². The van der Waals surface area contributed by atoms with E-state index in [-0.39, 0.29) is 11.7 Å². The number of rotatable bonds is 5. The molecule has 3 heterocycles. The fourth-order valence-electron chi connectivity index (χ4n) is 4.31. The second-order valence-corrected chi connectivity index (χ2v) is 8.25. The second kappa shape index (κ2) is 8.07. The molecule has 1 N–H and O–H groups in total. The third kappa shape index (κ3) is 3.70. The molecular weight excluding hydrogens is 402 g/mol. The smallest absolute Gasteiger partial charge is 0.251 e. The quantitative estimate of drug-likeness (QED) is 0.477. The molecule has 0 saturated carbocycles. The van der Waals surface area contributed by atoms with Gasteiger partial charge < -0.3 is 9.73 Å². The summed E-state index contributed by atoms with van der Waals surface area (Å²) < 4.78 is 7.33. The zero-order valence-corrected chi connectivity index (χ0v) is 18.4. The molecule has 0 radical (unpaired) electrons. The molecule has 5 rings (SSSR count). The summed E-state index contributed by atoms with van der Waals surface area (Å²) in [6.45, 7) is 5.98. The lowest BCUT2D eigenvalue weighted by Crippen LogP contribution is -2.21. The number of carbonyl (C=O) groups excluding carboxylic acids is 1. The molecule has 1 aromatic carbocycles. The first-order valence-corrected chi connectivity index (χ1v) is 10.9. The summed E-state index contributed by atoms with van der Waals surface area (Å²) >= 11 is 0. The molecule has 3 aromatic heterocycles. The number of furan rings is 1. The van der Waals surface area contributed by atoms with Crippen LogP contribution in [0.25, 0.3) is 5.95 Å². The fourth-order valence-corrected chi connectivity index (χ4v) is 4.31. The molecule has 1 unspecified atom stereocenters. The molecule has 7 nitrogen and oxygen atoms in total. The minimum atomic E-state index is -0.0388. The van der Waals surface area contributed by atoms with Gasteiger partial charge in [0.25, 0.3) is 5.95 Å². The Morgan fingerprint density at radius 2 is 1.84 bits per heavy atom. The summed E-state index contributed by atoms with van der Waals surface area (Å²) in [6, 6.07) is 13.9. The number of Topliss-reactive ketones (excluding diaryl/α,β-unsaturated/α-hetero) is 1. The first-order valence-electron chi connectivity index (χ1n) is 10.9. The van der Waals surface area contributed by atoms with Gasteiger partial charge in [-0.25, -0.2) is 14.6 Å². The Bertz CT molecular complexity index is 1250. The Morgan fingerprint density at radius 1 is 1.09 bits per heavy atom. The first-order chi connectivity index (χ1) is 15.5. The van der Waals surface area contributed by atoms with Crippen molar-refractivity contribution >= 4 is 17.3 Å². The van der Waals surface area contributed by atoms with Crippen LogP contribution in [0.15, 0.2) is 53.1 Å². The summed E-state index contributed by atoms with van der Waals surface area (Å²) in [6.07, 6.45) is 3.62. The van der Waals surface area contributed by atoms with Crippen molar-refractivity contribution < 1.29 is 9.21 Å². The van der Waals surface area contributed by atoms with E-state index in [4.69, 9.17) is 9.52 Å². The number of aromatic nitrogens is 4. The van der Waals surface area contributed by atoms with Crippen LogP contribution >= 0.6 is 0 Å². The highest BCUT2D eigenvalue weighted by Gasteiger charge is 2.35. The summed E-state index contributed by atoms with van der Waals surface area (Å²) in [5.74, 6) is 1.82. The standard InChI is InChI=1S/C25H25N5O2/c1-4-17-7-9-19(10-8-17)28-24-23-20(13-18(14-21(23)31)22-6-5-11-32-22)30(29-24)25-26-15(2)12-16(3)27-25/h5-12,18H,4,13-14H2,1-3H3,(H,28,29). The topological polar surface area (TPSA) is 85.8 Å². The van der Waals surface area contributed by atoms with Crippen LogP contribution in [0, 0.1) is 13.8 Å². The summed E-state index contributed by atoms with van der Waals surface area (Å²) in [7, 11) is 0. The summed E-state index contributed by atoms with van der Waals surface area (Å²) in [5, 5.41) is 8.13. The molecule has 0 aliphatic heterocycles. The number of ketones is 1. The summed E-state index contributed by atoms with van der Waals surface area (Å²) in [5.41, 5.74) is 5.26. The summed E-state index contributed by atoms with van der Waals surface area (Å²) in [4.78, 5) is 22.5. The van der Waals surface area contributed by atoms with E-state index in [1.165, 1.54) is 5.56 Å². The number of benzene rings is 1. The number of aryl methyl sites for hydroxylation is 3. The van der Waals surface area contributed by atoms with Gasteiger partial charge in [-0.3, -0.25) is 4.79 Å². The van der Waals surface area contributed by atoms with Gasteiger partial charge in [-0.05, 0) is 56.2 Å². The van der Waals surface area contributed by atoms with Crippen molar-refractivity contribution in [1.82, 2.24) is 19.7 Å². The van der Waals surface area contributed by atoms with E-state index in [0.29, 0.717) is 30.2 Å². The maximum Gasteiger partial charge on any atom is 0.251 e. The van der Waals surface area contributed by atoms with Crippen LogP contribution in [-0.2, 0) is 12.8 Å². The van der Waals surface area contributed by atoms with Crippen LogP contribution in [0.3, 0.4) is 0 Å². The van der Waals surface area contributed by atoms with E-state index in [0.717, 1.165) is 35.0 Å². The van der Waals surface area contributed by atoms with Crippen molar-refractivity contribution in [1.29, 1.82) is 0 Å². The average Bonchev–Trinajstić information content (AvgIpc) is 3.42. The Morgan fingerprint density at radius 3 is 2.50 bits per heavy atom. The van der Waals surface area contributed by atoms with Gasteiger partial charge in [-0.1, -0.05) is 19.1 Å². The highest BCUT2D eigenvalue weighted by molar-refractivity contribution is 6.03. The van der Waals surface area contributed by atoms with Gasteiger partial charge in [0.2, 0.25) is 0 Å². The third-order valence-electron chi connectivity index (χ3n) is 5.86. The van der Waals surface area contributed by atoms with E-state index in [1.54, 1.807) is 10.9 Å². The van der Waals surface area contributed by atoms with Crippen molar-refractivity contribution in [3.05, 3.63) is 82.7 Å². The predicted molar refractivity (Wildman–Crippen MR) is 122 cm³/mol. The van der Waals surface area contributed by atoms with Gasteiger partial charge in [-0.2, -0.15) is 0 Å². The molecule has 32 heavy (non-hydrogen) atoms. The Balaban J connectivity index is 1.61. The minimum absolute atomic E-state index is 0.0379. The van der Waals surface area contributed by atoms with Crippen LogP contribution in [0.2, 0.25) is 0 Å². The lowest BCUT2D eigenvalue weighted by Gasteiger charge is -2.21. The van der Waals surface area contributed by atoms with Crippen molar-refractivity contribution in [2.45, 2.75) is 46.0 Å². The van der Waals surface area contributed by atoms with Crippen molar-refractivity contribution in [2.75, 3.05) is 5.32 Å². The molecule has 7 heteroatoms. The van der Waals surface area contributed by atoms with Gasteiger partial charge in [0, 0.05) is 35.8 Å². The van der Waals surface area contributed by atoms with Crippen LogP contribution in [0.4, 0.5) is 11.5 Å². The van der Waals surface area contributed by atoms with Gasteiger partial charge in [0.05, 0.1) is 17.5 Å². The third-order valence-corrected chi connectivity index (χ3v) is 5.86. The molecule has 4 aromatic rings. The minimum Gasteiger partial charge on any atom is -0.469 e. The van der Waals surface area contributed by atoms with E-state index in [1.807, 2.05) is 44.2 Å². The number of anilines is 2. The molecule has 1 aliphatic rings. The van der Waals surface area contributed by atoms with Crippen LogP contribution < -0.4 is 5.32 Å². The van der Waals surface area contributed by atoms with Crippen molar-refractivity contribution in [3.8, 4) is 5.95 Å². The highest BCUT2D eigenvalue weighted by Crippen LogP contribution is 2.37. The molecule has 0 saturated heterocycles. The molecule has 0 fully saturated rings. The zero-order chi connectivity index (χ0) is 22.2. The Labute approximate surface area is 186 Å². The van der Waals surface area contributed by atoms with E-state index < -0.39 is 0 Å². The van der Waals surface area contributed by atoms with Crippen LogP contribution in [0.5, 0.6) is 0 Å². The van der Waals surface area contributed by atoms with Gasteiger partial charge in [-0.15, -0.1) is 5.10 Å². The highest BCUT2D eigenvalue weighted by atomic mass is 16.3. The van der Waals surface area contributed by atoms with Crippen LogP contribution in [0.1, 0.15) is 58.0 Å². The molecule has 1 aliphatic carbocycles. The number of fused-ring (bicyclic) bond motifs is 1. The average molecular weight is 428 g/mol. The molecule has 1 atom stereocenters. The van der Waals surface area contributed by atoms with Gasteiger partial charge >= 0.3 is 0 Å².